The third-order valence-corrected chi connectivity index (χ3v) is 4.05. The van der Waals surface area contributed by atoms with Crippen molar-refractivity contribution in [3.8, 4) is 0 Å². The lowest BCUT2D eigenvalue weighted by molar-refractivity contribution is 0.0550. The molecule has 1 heterocycles. The van der Waals surface area contributed by atoms with E-state index < -0.39 is 5.97 Å². The van der Waals surface area contributed by atoms with E-state index in [1.54, 1.807) is 6.07 Å². The third-order valence-electron chi connectivity index (χ3n) is 3.74. The van der Waals surface area contributed by atoms with Gasteiger partial charge in [-0.2, -0.15) is 0 Å². The van der Waals surface area contributed by atoms with Crippen LogP contribution in [-0.2, 0) is 17.6 Å². The summed E-state index contributed by atoms with van der Waals surface area (Å²) in [5.41, 5.74) is 3.99. The Kier molecular flexibility index (Phi) is 3.53. The molecule has 2 aromatic rings. The molecule has 1 N–H and O–H groups in total. The fourth-order valence-corrected chi connectivity index (χ4v) is 3.04. The summed E-state index contributed by atoms with van der Waals surface area (Å²) in [7, 11) is 0. The normalized spacial score (nSPS) is 14.1. The summed E-state index contributed by atoms with van der Waals surface area (Å²) in [6.45, 7) is 3.72. The minimum absolute atomic E-state index is 0.189. The van der Waals surface area contributed by atoms with E-state index in [2.05, 4.69) is 11.6 Å². The van der Waals surface area contributed by atoms with Gasteiger partial charge in [-0.1, -0.05) is 24.3 Å². The van der Waals surface area contributed by atoms with Gasteiger partial charge in [0.1, 0.15) is 6.61 Å². The van der Waals surface area contributed by atoms with E-state index in [-0.39, 0.29) is 6.61 Å². The monoisotopic (exact) mass is 289 g/mol. The Balaban J connectivity index is 2.05. The lowest BCUT2D eigenvalue weighted by Crippen LogP contribution is -2.05. The zero-order valence-electron chi connectivity index (χ0n) is 11.2. The second kappa shape index (κ2) is 5.33. The van der Waals surface area contributed by atoms with Crippen LogP contribution in [0.3, 0.4) is 0 Å². The molecule has 3 nitrogen and oxygen atoms in total. The number of hydrogen-bond donors (Lipinski definition) is 1. The van der Waals surface area contributed by atoms with E-state index >= 15 is 0 Å². The van der Waals surface area contributed by atoms with Gasteiger partial charge in [-0.3, -0.25) is 0 Å². The van der Waals surface area contributed by atoms with Gasteiger partial charge in [0.2, 0.25) is 0 Å². The Morgan fingerprint density at radius 3 is 3.00 bits per heavy atom. The number of nitrogens with one attached hydrogen (secondary N) is 1. The maximum atomic E-state index is 11.9. The van der Waals surface area contributed by atoms with Gasteiger partial charge < -0.3 is 9.72 Å². The molecule has 20 heavy (non-hydrogen) atoms. The number of aryl methyl sites for hydroxylation is 2. The van der Waals surface area contributed by atoms with Crippen molar-refractivity contribution >= 4 is 28.5 Å². The van der Waals surface area contributed by atoms with Crippen LogP contribution in [0, 0.1) is 0 Å². The molecule has 1 aliphatic rings. The molecule has 104 valence electrons. The summed E-state index contributed by atoms with van der Waals surface area (Å²) in [6.07, 6.45) is 6.10. The molecule has 0 saturated heterocycles. The predicted molar refractivity (Wildman–Crippen MR) is 80.4 cm³/mol. The van der Waals surface area contributed by atoms with Gasteiger partial charge in [-0.15, -0.1) is 0 Å². The molecular formula is C16H16ClNO2. The molecule has 0 fully saturated rings. The lowest BCUT2D eigenvalue weighted by atomic mass is 9.95. The number of carbonyl (C=O) groups is 1. The highest BCUT2D eigenvalue weighted by molar-refractivity contribution is 6.34. The predicted octanol–water partition coefficient (Wildman–Crippen LogP) is 4.04. The van der Waals surface area contributed by atoms with Crippen LogP contribution in [0.1, 0.15) is 34.5 Å². The Morgan fingerprint density at radius 1 is 1.40 bits per heavy atom. The first-order chi connectivity index (χ1) is 9.70. The van der Waals surface area contributed by atoms with Crippen molar-refractivity contribution in [3.05, 3.63) is 46.6 Å². The molecule has 1 aromatic carbocycles. The van der Waals surface area contributed by atoms with E-state index in [1.807, 2.05) is 6.07 Å². The highest BCUT2D eigenvalue weighted by Crippen LogP contribution is 2.32. The molecule has 1 aromatic heterocycles. The molecule has 0 atom stereocenters. The first kappa shape index (κ1) is 13.3. The summed E-state index contributed by atoms with van der Waals surface area (Å²) in [6, 6.07) is 3.67. The molecule has 4 heteroatoms. The van der Waals surface area contributed by atoms with Crippen molar-refractivity contribution in [1.29, 1.82) is 0 Å². The standard InChI is InChI=1S/C16H16ClNO2/c1-2-7-20-16(19)12-9-15-11(8-13(12)17)10-5-3-4-6-14(10)18-15/h2,8-9,18H,1,3-7H2. The van der Waals surface area contributed by atoms with Gasteiger partial charge in [-0.25, -0.2) is 4.79 Å². The van der Waals surface area contributed by atoms with Crippen molar-refractivity contribution in [3.63, 3.8) is 0 Å². The minimum Gasteiger partial charge on any atom is -0.458 e. The van der Waals surface area contributed by atoms with E-state index in [0.717, 1.165) is 23.7 Å². The first-order valence-electron chi connectivity index (χ1n) is 6.81. The molecule has 0 radical (unpaired) electrons. The largest absolute Gasteiger partial charge is 0.458 e. The van der Waals surface area contributed by atoms with E-state index in [0.29, 0.717) is 10.6 Å². The SMILES string of the molecule is C=CCOC(=O)c1cc2[nH]c3c(c2cc1Cl)CCCC3. The van der Waals surface area contributed by atoms with Gasteiger partial charge in [0.05, 0.1) is 10.6 Å². The number of halogens is 1. The van der Waals surface area contributed by atoms with Crippen LogP contribution >= 0.6 is 11.6 Å². The van der Waals surface area contributed by atoms with E-state index in [4.69, 9.17) is 16.3 Å². The minimum atomic E-state index is -0.413. The van der Waals surface area contributed by atoms with Crippen LogP contribution in [0.4, 0.5) is 0 Å². The molecule has 0 aliphatic heterocycles. The second-order valence-corrected chi connectivity index (χ2v) is 5.46. The Hall–Kier alpha value is -1.74. The maximum absolute atomic E-state index is 11.9. The van der Waals surface area contributed by atoms with Crippen LogP contribution in [0.5, 0.6) is 0 Å². The van der Waals surface area contributed by atoms with Crippen LogP contribution in [-0.4, -0.2) is 17.6 Å². The van der Waals surface area contributed by atoms with Gasteiger partial charge in [-0.05, 0) is 43.4 Å². The molecule has 1 aliphatic carbocycles. The van der Waals surface area contributed by atoms with Gasteiger partial charge in [0, 0.05) is 16.6 Å². The summed E-state index contributed by atoms with van der Waals surface area (Å²) >= 11 is 6.24. The van der Waals surface area contributed by atoms with Crippen molar-refractivity contribution in [2.75, 3.05) is 6.61 Å². The summed E-state index contributed by atoms with van der Waals surface area (Å²) in [5, 5.41) is 1.57. The van der Waals surface area contributed by atoms with Crippen molar-refractivity contribution in [2.45, 2.75) is 25.7 Å². The smallest absolute Gasteiger partial charge is 0.340 e. The van der Waals surface area contributed by atoms with Crippen LogP contribution in [0.25, 0.3) is 10.9 Å². The first-order valence-corrected chi connectivity index (χ1v) is 7.19. The number of benzene rings is 1. The fraction of sp³-hybridized carbons (Fsp3) is 0.312. The molecule has 3 rings (SSSR count). The summed E-state index contributed by atoms with van der Waals surface area (Å²) < 4.78 is 5.05. The van der Waals surface area contributed by atoms with Crippen molar-refractivity contribution < 1.29 is 9.53 Å². The maximum Gasteiger partial charge on any atom is 0.340 e. The zero-order chi connectivity index (χ0) is 14.1. The number of carbonyl (C=O) groups excluding carboxylic acids is 1. The third kappa shape index (κ3) is 2.22. The average Bonchev–Trinajstić information content (AvgIpc) is 2.81. The van der Waals surface area contributed by atoms with Gasteiger partial charge in [0.15, 0.2) is 0 Å². The van der Waals surface area contributed by atoms with Crippen LogP contribution in [0.2, 0.25) is 5.02 Å². The van der Waals surface area contributed by atoms with E-state index in [9.17, 15) is 4.79 Å². The number of aromatic nitrogens is 1. The van der Waals surface area contributed by atoms with Gasteiger partial charge in [0.25, 0.3) is 0 Å². The number of hydrogen-bond acceptors (Lipinski definition) is 2. The summed E-state index contributed by atoms with van der Waals surface area (Å²) in [5.74, 6) is -0.413. The van der Waals surface area contributed by atoms with Crippen LogP contribution < -0.4 is 0 Å². The number of H-pyrrole nitrogens is 1. The van der Waals surface area contributed by atoms with Gasteiger partial charge >= 0.3 is 5.97 Å². The Labute approximate surface area is 122 Å². The molecule has 0 amide bonds. The Morgan fingerprint density at radius 2 is 2.20 bits per heavy atom. The topological polar surface area (TPSA) is 42.1 Å². The molecule has 0 saturated carbocycles. The number of esters is 1. The Bertz CT molecular complexity index is 687. The quantitative estimate of drug-likeness (QED) is 0.684. The average molecular weight is 290 g/mol. The van der Waals surface area contributed by atoms with E-state index in [1.165, 1.54) is 30.2 Å². The molecule has 0 bridgehead atoms. The lowest BCUT2D eigenvalue weighted by Gasteiger charge is -2.10. The number of fused-ring (bicyclic) bond motifs is 3. The zero-order valence-corrected chi connectivity index (χ0v) is 11.9. The van der Waals surface area contributed by atoms with Crippen molar-refractivity contribution in [1.82, 2.24) is 4.98 Å². The molecular weight excluding hydrogens is 274 g/mol. The molecule has 0 spiro atoms. The molecule has 0 unspecified atom stereocenters. The number of ether oxygens (including phenoxy) is 1. The van der Waals surface area contributed by atoms with Crippen LogP contribution in [0.15, 0.2) is 24.8 Å². The summed E-state index contributed by atoms with van der Waals surface area (Å²) in [4.78, 5) is 15.4. The number of rotatable bonds is 3. The second-order valence-electron chi connectivity index (χ2n) is 5.05. The highest BCUT2D eigenvalue weighted by atomic mass is 35.5. The van der Waals surface area contributed by atoms with Crippen molar-refractivity contribution in [2.24, 2.45) is 0 Å². The number of aromatic amines is 1. The fourth-order valence-electron chi connectivity index (χ4n) is 2.80. The highest BCUT2D eigenvalue weighted by Gasteiger charge is 2.19.